The third kappa shape index (κ3) is 2.81. The number of carbonyl (C=O) groups excluding carboxylic acids is 1. The highest BCUT2D eigenvalue weighted by molar-refractivity contribution is 5.97. The fourth-order valence-corrected chi connectivity index (χ4v) is 1.77. The second-order valence-corrected chi connectivity index (χ2v) is 3.96. The van der Waals surface area contributed by atoms with E-state index in [1.807, 2.05) is 6.07 Å². The van der Waals surface area contributed by atoms with Gasteiger partial charge in [-0.1, -0.05) is 0 Å². The van der Waals surface area contributed by atoms with E-state index < -0.39 is 0 Å². The molecule has 17 heavy (non-hydrogen) atoms. The van der Waals surface area contributed by atoms with Crippen molar-refractivity contribution in [1.29, 1.82) is 0 Å². The van der Waals surface area contributed by atoms with Gasteiger partial charge in [-0.2, -0.15) is 0 Å². The lowest BCUT2D eigenvalue weighted by molar-refractivity contribution is 0.0980. The van der Waals surface area contributed by atoms with Crippen molar-refractivity contribution in [3.63, 3.8) is 0 Å². The lowest BCUT2D eigenvalue weighted by Gasteiger charge is -2.04. The first-order chi connectivity index (χ1) is 8.16. The van der Waals surface area contributed by atoms with Crippen molar-refractivity contribution in [3.8, 4) is 0 Å². The Labute approximate surface area is 99.1 Å². The summed E-state index contributed by atoms with van der Waals surface area (Å²) in [6.07, 6.45) is 2.53. The molecule has 0 unspecified atom stereocenters. The molecule has 88 valence electrons. The summed E-state index contributed by atoms with van der Waals surface area (Å²) in [5, 5.41) is 0. The fraction of sp³-hybridized carbons (Fsp3) is 0.214. The monoisotopic (exact) mass is 232 g/mol. The molecule has 0 aliphatic rings. The molecule has 0 bridgehead atoms. The van der Waals surface area contributed by atoms with Crippen LogP contribution in [0.1, 0.15) is 28.1 Å². The number of carbonyl (C=O) groups is 1. The third-order valence-electron chi connectivity index (χ3n) is 2.67. The molecule has 0 aliphatic heterocycles. The fourth-order valence-electron chi connectivity index (χ4n) is 1.77. The Bertz CT molecular complexity index is 515. The Kier molecular flexibility index (Phi) is 3.38. The Morgan fingerprint density at radius 1 is 1.35 bits per heavy atom. The van der Waals surface area contributed by atoms with Crippen LogP contribution in [0.2, 0.25) is 0 Å². The van der Waals surface area contributed by atoms with Crippen LogP contribution in [0.15, 0.2) is 41.0 Å². The molecule has 0 radical (unpaired) electrons. The number of benzene rings is 1. The van der Waals surface area contributed by atoms with Crippen molar-refractivity contribution < 1.29 is 13.6 Å². The molecule has 2 nitrogen and oxygen atoms in total. The van der Waals surface area contributed by atoms with Gasteiger partial charge in [-0.15, -0.1) is 0 Å². The lowest BCUT2D eigenvalue weighted by Crippen LogP contribution is -2.03. The Morgan fingerprint density at radius 2 is 2.18 bits per heavy atom. The maximum atomic E-state index is 12.9. The summed E-state index contributed by atoms with van der Waals surface area (Å²) < 4.78 is 18.1. The van der Waals surface area contributed by atoms with Gasteiger partial charge in [0.05, 0.1) is 6.26 Å². The molecule has 1 aromatic heterocycles. The Hall–Kier alpha value is -1.90. The highest BCUT2D eigenvalue weighted by Crippen LogP contribution is 2.14. The van der Waals surface area contributed by atoms with E-state index in [0.29, 0.717) is 24.0 Å². The van der Waals surface area contributed by atoms with Gasteiger partial charge in [-0.05, 0) is 42.8 Å². The molecule has 0 aliphatic carbocycles. The van der Waals surface area contributed by atoms with Gasteiger partial charge < -0.3 is 4.42 Å². The molecule has 2 rings (SSSR count). The van der Waals surface area contributed by atoms with Crippen LogP contribution in [0, 0.1) is 12.7 Å². The zero-order valence-electron chi connectivity index (χ0n) is 9.57. The van der Waals surface area contributed by atoms with Crippen molar-refractivity contribution in [2.75, 3.05) is 0 Å². The smallest absolute Gasteiger partial charge is 0.163 e. The summed E-state index contributed by atoms with van der Waals surface area (Å²) in [7, 11) is 0. The number of rotatable bonds is 4. The summed E-state index contributed by atoms with van der Waals surface area (Å²) in [5.41, 5.74) is 1.26. The number of halogens is 1. The van der Waals surface area contributed by atoms with Crippen molar-refractivity contribution in [2.24, 2.45) is 0 Å². The lowest BCUT2D eigenvalue weighted by atomic mass is 10.0. The topological polar surface area (TPSA) is 30.2 Å². The number of hydrogen-bond acceptors (Lipinski definition) is 2. The van der Waals surface area contributed by atoms with Crippen molar-refractivity contribution in [1.82, 2.24) is 0 Å². The van der Waals surface area contributed by atoms with Gasteiger partial charge in [0.1, 0.15) is 11.6 Å². The van der Waals surface area contributed by atoms with Crippen LogP contribution in [-0.4, -0.2) is 5.78 Å². The Balaban J connectivity index is 2.04. The second kappa shape index (κ2) is 4.95. The van der Waals surface area contributed by atoms with E-state index in [1.165, 1.54) is 18.2 Å². The van der Waals surface area contributed by atoms with E-state index in [9.17, 15) is 9.18 Å². The van der Waals surface area contributed by atoms with Crippen LogP contribution < -0.4 is 0 Å². The summed E-state index contributed by atoms with van der Waals surface area (Å²) in [6, 6.07) is 7.86. The van der Waals surface area contributed by atoms with Crippen molar-refractivity contribution in [3.05, 3.63) is 59.3 Å². The largest absolute Gasteiger partial charge is 0.469 e. The molecule has 0 atom stereocenters. The molecule has 2 aromatic rings. The first kappa shape index (κ1) is 11.6. The van der Waals surface area contributed by atoms with Crippen LogP contribution in [0.5, 0.6) is 0 Å². The second-order valence-electron chi connectivity index (χ2n) is 3.96. The molecule has 3 heteroatoms. The van der Waals surface area contributed by atoms with Gasteiger partial charge in [0, 0.05) is 18.4 Å². The van der Waals surface area contributed by atoms with E-state index in [4.69, 9.17) is 4.42 Å². The minimum absolute atomic E-state index is 0.0129. The highest BCUT2D eigenvalue weighted by Gasteiger charge is 2.10. The standard InChI is InChI=1S/C14H13FO2/c1-10-9-11(15)4-6-13(10)14(16)7-5-12-3-2-8-17-12/h2-4,6,8-9H,5,7H2,1H3. The van der Waals surface area contributed by atoms with Crippen molar-refractivity contribution >= 4 is 5.78 Å². The van der Waals surface area contributed by atoms with Gasteiger partial charge in [0.15, 0.2) is 5.78 Å². The minimum Gasteiger partial charge on any atom is -0.469 e. The quantitative estimate of drug-likeness (QED) is 0.755. The zero-order chi connectivity index (χ0) is 12.3. The predicted molar refractivity (Wildman–Crippen MR) is 62.5 cm³/mol. The maximum Gasteiger partial charge on any atom is 0.163 e. The van der Waals surface area contributed by atoms with Gasteiger partial charge in [0.25, 0.3) is 0 Å². The average molecular weight is 232 g/mol. The maximum absolute atomic E-state index is 12.9. The number of ketones is 1. The number of aryl methyl sites for hydroxylation is 2. The first-order valence-corrected chi connectivity index (χ1v) is 5.48. The summed E-state index contributed by atoms with van der Waals surface area (Å²) >= 11 is 0. The molecule has 1 heterocycles. The predicted octanol–water partition coefficient (Wildman–Crippen LogP) is 3.54. The van der Waals surface area contributed by atoms with Crippen molar-refractivity contribution in [2.45, 2.75) is 19.8 Å². The summed E-state index contributed by atoms with van der Waals surface area (Å²) in [6.45, 7) is 1.74. The molecule has 1 aromatic carbocycles. The van der Waals surface area contributed by atoms with Crippen LogP contribution in [0.3, 0.4) is 0 Å². The van der Waals surface area contributed by atoms with E-state index in [0.717, 1.165) is 5.76 Å². The van der Waals surface area contributed by atoms with Gasteiger partial charge >= 0.3 is 0 Å². The minimum atomic E-state index is -0.315. The third-order valence-corrected chi connectivity index (χ3v) is 2.67. The van der Waals surface area contributed by atoms with E-state index >= 15 is 0 Å². The highest BCUT2D eigenvalue weighted by atomic mass is 19.1. The van der Waals surface area contributed by atoms with Crippen LogP contribution >= 0.6 is 0 Å². The average Bonchev–Trinajstić information content (AvgIpc) is 2.78. The number of hydrogen-bond donors (Lipinski definition) is 0. The first-order valence-electron chi connectivity index (χ1n) is 5.48. The molecular formula is C14H13FO2. The van der Waals surface area contributed by atoms with Gasteiger partial charge in [0.2, 0.25) is 0 Å². The number of Topliss-reactive ketones (excluding diaryl/α,β-unsaturated/α-hetero) is 1. The normalized spacial score (nSPS) is 10.5. The van der Waals surface area contributed by atoms with E-state index in [1.54, 1.807) is 19.3 Å². The van der Waals surface area contributed by atoms with Crippen LogP contribution in [0.4, 0.5) is 4.39 Å². The Morgan fingerprint density at radius 3 is 2.82 bits per heavy atom. The van der Waals surface area contributed by atoms with E-state index in [-0.39, 0.29) is 11.6 Å². The van der Waals surface area contributed by atoms with Gasteiger partial charge in [-0.25, -0.2) is 4.39 Å². The molecule has 0 fully saturated rings. The number of furan rings is 1. The molecule has 0 spiro atoms. The molecule has 0 N–H and O–H groups in total. The zero-order valence-corrected chi connectivity index (χ0v) is 9.57. The summed E-state index contributed by atoms with van der Waals surface area (Å²) in [5.74, 6) is 0.488. The summed E-state index contributed by atoms with van der Waals surface area (Å²) in [4.78, 5) is 11.9. The SMILES string of the molecule is Cc1cc(F)ccc1C(=O)CCc1ccco1. The van der Waals surface area contributed by atoms with Crippen LogP contribution in [0.25, 0.3) is 0 Å². The van der Waals surface area contributed by atoms with Crippen LogP contribution in [-0.2, 0) is 6.42 Å². The van der Waals surface area contributed by atoms with E-state index in [2.05, 4.69) is 0 Å². The van der Waals surface area contributed by atoms with Gasteiger partial charge in [-0.3, -0.25) is 4.79 Å². The molecule has 0 saturated carbocycles. The molecule has 0 saturated heterocycles. The molecule has 0 amide bonds. The molecular weight excluding hydrogens is 219 g/mol.